The summed E-state index contributed by atoms with van der Waals surface area (Å²) in [5, 5.41) is 6.99. The third-order valence-corrected chi connectivity index (χ3v) is 3.03. The van der Waals surface area contributed by atoms with Crippen LogP contribution >= 0.6 is 0 Å². The van der Waals surface area contributed by atoms with Gasteiger partial charge in [0.25, 0.3) is 5.95 Å². The molecule has 0 unspecified atom stereocenters. The van der Waals surface area contributed by atoms with E-state index in [2.05, 4.69) is 35.3 Å². The van der Waals surface area contributed by atoms with Gasteiger partial charge in [-0.05, 0) is 18.8 Å². The van der Waals surface area contributed by atoms with Crippen LogP contribution in [0.15, 0.2) is 12.7 Å². The number of hydrogen-bond donors (Lipinski definition) is 1. The Morgan fingerprint density at radius 3 is 2.84 bits per heavy atom. The van der Waals surface area contributed by atoms with E-state index in [4.69, 9.17) is 0 Å². The second-order valence-corrected chi connectivity index (χ2v) is 4.67. The molecule has 0 radical (unpaired) electrons. The number of hydrogen-bond acceptors (Lipinski definition) is 7. The normalized spacial score (nSPS) is 14.4. The average Bonchev–Trinajstić information content (AvgIpc) is 3.08. The van der Waals surface area contributed by atoms with E-state index < -0.39 is 0 Å². The molecule has 1 aliphatic rings. The maximum Gasteiger partial charge on any atom is 0.258 e. The molecule has 19 heavy (non-hydrogen) atoms. The Morgan fingerprint density at radius 2 is 2.21 bits per heavy atom. The predicted molar refractivity (Wildman–Crippen MR) is 70.3 cm³/mol. The van der Waals surface area contributed by atoms with Gasteiger partial charge in [0, 0.05) is 20.6 Å². The Hall–Kier alpha value is -2.25. The second-order valence-electron chi connectivity index (χ2n) is 4.67. The van der Waals surface area contributed by atoms with Crippen LogP contribution in [0.3, 0.4) is 0 Å². The summed E-state index contributed by atoms with van der Waals surface area (Å²) in [6.45, 7) is 0.976. The first-order valence-corrected chi connectivity index (χ1v) is 6.26. The quantitative estimate of drug-likeness (QED) is 0.829. The van der Waals surface area contributed by atoms with Crippen LogP contribution in [0, 0.1) is 5.92 Å². The summed E-state index contributed by atoms with van der Waals surface area (Å²) in [5.74, 6) is 2.42. The van der Waals surface area contributed by atoms with E-state index in [1.54, 1.807) is 13.4 Å². The fraction of sp³-hybridized carbons (Fsp3) is 0.545. The number of anilines is 2. The van der Waals surface area contributed by atoms with E-state index in [-0.39, 0.29) is 0 Å². The minimum Gasteiger partial charge on any atom is -0.357 e. The third-order valence-electron chi connectivity index (χ3n) is 3.03. The molecule has 8 nitrogen and oxygen atoms in total. The van der Waals surface area contributed by atoms with Gasteiger partial charge >= 0.3 is 0 Å². The van der Waals surface area contributed by atoms with Gasteiger partial charge in [-0.2, -0.15) is 24.7 Å². The van der Waals surface area contributed by atoms with Crippen molar-refractivity contribution in [1.82, 2.24) is 29.7 Å². The monoisotopic (exact) mass is 260 g/mol. The first-order chi connectivity index (χ1) is 9.26. The highest BCUT2D eigenvalue weighted by Crippen LogP contribution is 2.30. The van der Waals surface area contributed by atoms with Gasteiger partial charge in [0.05, 0.1) is 0 Å². The molecule has 0 saturated heterocycles. The zero-order valence-corrected chi connectivity index (χ0v) is 11.0. The van der Waals surface area contributed by atoms with E-state index in [1.807, 2.05) is 7.05 Å². The van der Waals surface area contributed by atoms with Crippen molar-refractivity contribution in [2.45, 2.75) is 12.8 Å². The molecule has 2 heterocycles. The molecule has 0 aromatic carbocycles. The van der Waals surface area contributed by atoms with Crippen LogP contribution in [0.5, 0.6) is 0 Å². The molecule has 1 saturated carbocycles. The van der Waals surface area contributed by atoms with E-state index >= 15 is 0 Å². The van der Waals surface area contributed by atoms with Crippen LogP contribution in [-0.4, -0.2) is 50.4 Å². The van der Waals surface area contributed by atoms with Crippen LogP contribution in [0.1, 0.15) is 12.8 Å². The Morgan fingerprint density at radius 1 is 1.37 bits per heavy atom. The SMILES string of the molecule is CNc1nc(N(C)CC2CC2)nc(-n2cncn2)n1. The summed E-state index contributed by atoms with van der Waals surface area (Å²) in [6, 6.07) is 0. The van der Waals surface area contributed by atoms with Crippen LogP contribution in [0.25, 0.3) is 5.95 Å². The van der Waals surface area contributed by atoms with Crippen molar-refractivity contribution in [2.24, 2.45) is 5.92 Å². The third kappa shape index (κ3) is 2.61. The maximum absolute atomic E-state index is 4.43. The molecule has 2 aromatic rings. The lowest BCUT2D eigenvalue weighted by Crippen LogP contribution is -2.24. The van der Waals surface area contributed by atoms with E-state index in [1.165, 1.54) is 23.9 Å². The zero-order valence-electron chi connectivity index (χ0n) is 11.0. The lowest BCUT2D eigenvalue weighted by molar-refractivity contribution is 0.740. The number of nitrogens with zero attached hydrogens (tertiary/aromatic N) is 7. The van der Waals surface area contributed by atoms with Crippen LogP contribution < -0.4 is 10.2 Å². The van der Waals surface area contributed by atoms with Gasteiger partial charge in [-0.15, -0.1) is 0 Å². The van der Waals surface area contributed by atoms with Crippen molar-refractivity contribution < 1.29 is 0 Å². The largest absolute Gasteiger partial charge is 0.357 e. The van der Waals surface area contributed by atoms with Crippen molar-refractivity contribution in [3.8, 4) is 5.95 Å². The Labute approximate surface area is 110 Å². The molecule has 1 fully saturated rings. The predicted octanol–water partition coefficient (Wildman–Crippen LogP) is 0.340. The molecule has 100 valence electrons. The van der Waals surface area contributed by atoms with Gasteiger partial charge < -0.3 is 10.2 Å². The summed E-state index contributed by atoms with van der Waals surface area (Å²) < 4.78 is 1.52. The number of aromatic nitrogens is 6. The Balaban J connectivity index is 1.92. The average molecular weight is 260 g/mol. The number of rotatable bonds is 5. The van der Waals surface area contributed by atoms with Crippen LogP contribution in [0.2, 0.25) is 0 Å². The van der Waals surface area contributed by atoms with Crippen LogP contribution in [-0.2, 0) is 0 Å². The summed E-state index contributed by atoms with van der Waals surface area (Å²) in [7, 11) is 3.78. The standard InChI is InChI=1S/C11H16N8/c1-12-9-15-10(18(2)5-8-3-4-8)17-11(16-9)19-7-13-6-14-19/h6-8H,3-5H2,1-2H3,(H,12,15,16,17). The highest BCUT2D eigenvalue weighted by Gasteiger charge is 2.24. The smallest absolute Gasteiger partial charge is 0.258 e. The first-order valence-electron chi connectivity index (χ1n) is 6.26. The molecule has 0 amide bonds. The molecule has 0 atom stereocenters. The molecule has 8 heteroatoms. The van der Waals surface area contributed by atoms with E-state index in [0.29, 0.717) is 17.8 Å². The highest BCUT2D eigenvalue weighted by atomic mass is 15.4. The molecule has 0 aliphatic heterocycles. The highest BCUT2D eigenvalue weighted by molar-refractivity contribution is 5.39. The van der Waals surface area contributed by atoms with Gasteiger partial charge in [0.2, 0.25) is 11.9 Å². The second kappa shape index (κ2) is 4.79. The zero-order chi connectivity index (χ0) is 13.2. The van der Waals surface area contributed by atoms with E-state index in [0.717, 1.165) is 12.5 Å². The summed E-state index contributed by atoms with van der Waals surface area (Å²) >= 11 is 0. The van der Waals surface area contributed by atoms with Crippen molar-refractivity contribution >= 4 is 11.9 Å². The molecule has 0 bridgehead atoms. The van der Waals surface area contributed by atoms with Gasteiger partial charge in [0.15, 0.2) is 0 Å². The molecule has 2 aromatic heterocycles. The topological polar surface area (TPSA) is 84.7 Å². The Kier molecular flexibility index (Phi) is 2.98. The molecule has 1 aliphatic carbocycles. The van der Waals surface area contributed by atoms with Crippen LogP contribution in [0.4, 0.5) is 11.9 Å². The van der Waals surface area contributed by atoms with Gasteiger partial charge in [0.1, 0.15) is 12.7 Å². The molecule has 1 N–H and O–H groups in total. The molecule has 0 spiro atoms. The van der Waals surface area contributed by atoms with E-state index in [9.17, 15) is 0 Å². The first kappa shape index (κ1) is 11.8. The molecule has 3 rings (SSSR count). The number of nitrogens with one attached hydrogen (secondary N) is 1. The molecular formula is C11H16N8. The summed E-state index contributed by atoms with van der Waals surface area (Å²) in [6.07, 6.45) is 5.62. The fourth-order valence-corrected chi connectivity index (χ4v) is 1.82. The summed E-state index contributed by atoms with van der Waals surface area (Å²) in [4.78, 5) is 19.0. The lowest BCUT2D eigenvalue weighted by atomic mass is 10.4. The lowest BCUT2D eigenvalue weighted by Gasteiger charge is -2.17. The molecular weight excluding hydrogens is 244 g/mol. The van der Waals surface area contributed by atoms with Crippen molar-refractivity contribution in [2.75, 3.05) is 30.9 Å². The van der Waals surface area contributed by atoms with Gasteiger partial charge in [-0.1, -0.05) is 0 Å². The fourth-order valence-electron chi connectivity index (χ4n) is 1.82. The Bertz CT molecular complexity index is 548. The minimum atomic E-state index is 0.467. The van der Waals surface area contributed by atoms with Gasteiger partial charge in [-0.25, -0.2) is 4.98 Å². The van der Waals surface area contributed by atoms with Crippen molar-refractivity contribution in [3.63, 3.8) is 0 Å². The van der Waals surface area contributed by atoms with Gasteiger partial charge in [-0.3, -0.25) is 0 Å². The van der Waals surface area contributed by atoms with Crippen molar-refractivity contribution in [3.05, 3.63) is 12.7 Å². The maximum atomic E-state index is 4.43. The summed E-state index contributed by atoms with van der Waals surface area (Å²) in [5.41, 5.74) is 0. The van der Waals surface area contributed by atoms with Crippen molar-refractivity contribution in [1.29, 1.82) is 0 Å². The minimum absolute atomic E-state index is 0.467.